The maximum absolute atomic E-state index is 8.95. The highest BCUT2D eigenvalue weighted by Gasteiger charge is 2.05. The molecule has 2 aromatic rings. The van der Waals surface area contributed by atoms with Gasteiger partial charge >= 0.3 is 0 Å². The van der Waals surface area contributed by atoms with Gasteiger partial charge in [0.1, 0.15) is 0 Å². The molecule has 0 saturated carbocycles. The van der Waals surface area contributed by atoms with Gasteiger partial charge in [0.2, 0.25) is 0 Å². The van der Waals surface area contributed by atoms with Gasteiger partial charge in [-0.15, -0.1) is 24.0 Å². The number of nitrogen functional groups attached to an aromatic ring is 1. The van der Waals surface area contributed by atoms with Gasteiger partial charge in [0.25, 0.3) is 0 Å². The van der Waals surface area contributed by atoms with E-state index in [1.807, 2.05) is 18.2 Å². The van der Waals surface area contributed by atoms with Crippen molar-refractivity contribution in [3.05, 3.63) is 23.1 Å². The fourth-order valence-corrected chi connectivity index (χ4v) is 2.48. The first kappa shape index (κ1) is 8.87. The molecule has 0 saturated heterocycles. The third-order valence-electron chi connectivity index (χ3n) is 1.91. The second-order valence-electron chi connectivity index (χ2n) is 2.79. The smallest absolute Gasteiger partial charge is 0.0774 e. The molecule has 0 atom stereocenters. The zero-order valence-corrected chi connectivity index (χ0v) is 8.53. The van der Waals surface area contributed by atoms with Gasteiger partial charge in [-0.1, -0.05) is 6.07 Å². The van der Waals surface area contributed by atoms with Crippen LogP contribution in [0.4, 0.5) is 5.69 Å². The van der Waals surface area contributed by atoms with Gasteiger partial charge in [-0.3, -0.25) is 0 Å². The molecule has 0 aliphatic rings. The molecule has 0 radical (unpaired) electrons. The van der Waals surface area contributed by atoms with E-state index < -0.39 is 0 Å². The van der Waals surface area contributed by atoms with Crippen LogP contribution < -0.4 is 5.73 Å². The fraction of sp³-hybridized carbons (Fsp3) is 0.111. The second kappa shape index (κ2) is 3.21. The maximum Gasteiger partial charge on any atom is 0.0774 e. The number of aliphatic hydroxyl groups is 1. The molecule has 0 aliphatic carbocycles. The molecule has 0 unspecified atom stereocenters. The molecule has 0 aliphatic heterocycles. The monoisotopic (exact) mass is 211 g/mol. The van der Waals surface area contributed by atoms with E-state index in [0.29, 0.717) is 5.69 Å². The predicted molar refractivity (Wildman–Crippen MR) is 59.4 cm³/mol. The Bertz CT molecular complexity index is 450. The maximum atomic E-state index is 8.95. The highest BCUT2D eigenvalue weighted by molar-refractivity contribution is 7.80. The molecule has 1 heterocycles. The molecular formula is C9H9NOS2. The number of rotatable bonds is 1. The first-order valence-electron chi connectivity index (χ1n) is 3.83. The van der Waals surface area contributed by atoms with Gasteiger partial charge in [-0.2, -0.15) is 0 Å². The van der Waals surface area contributed by atoms with Crippen molar-refractivity contribution in [3.8, 4) is 0 Å². The molecule has 2 rings (SSSR count). The Morgan fingerprint density at radius 3 is 2.92 bits per heavy atom. The second-order valence-corrected chi connectivity index (χ2v) is 4.41. The summed E-state index contributed by atoms with van der Waals surface area (Å²) in [6.07, 6.45) is 0. The zero-order chi connectivity index (χ0) is 9.42. The summed E-state index contributed by atoms with van der Waals surface area (Å²) in [4.78, 5) is 1.72. The number of thiophene rings is 1. The Balaban J connectivity index is 2.76. The lowest BCUT2D eigenvalue weighted by atomic mass is 10.2. The third kappa shape index (κ3) is 1.41. The van der Waals surface area contributed by atoms with E-state index in [4.69, 9.17) is 10.8 Å². The highest BCUT2D eigenvalue weighted by Crippen LogP contribution is 2.33. The number of benzene rings is 1. The molecule has 68 valence electrons. The third-order valence-corrected chi connectivity index (χ3v) is 3.47. The molecule has 0 bridgehead atoms. The van der Waals surface area contributed by atoms with E-state index in [-0.39, 0.29) is 6.61 Å². The van der Waals surface area contributed by atoms with Gasteiger partial charge in [-0.25, -0.2) is 0 Å². The van der Waals surface area contributed by atoms with Gasteiger partial charge in [0.05, 0.1) is 17.0 Å². The van der Waals surface area contributed by atoms with Crippen LogP contribution in [0.1, 0.15) is 4.88 Å². The van der Waals surface area contributed by atoms with Crippen molar-refractivity contribution >= 4 is 39.7 Å². The summed E-state index contributed by atoms with van der Waals surface area (Å²) in [5, 5.41) is 10.0. The minimum absolute atomic E-state index is 0.0701. The molecule has 4 heteroatoms. The summed E-state index contributed by atoms with van der Waals surface area (Å²) >= 11 is 5.75. The van der Waals surface area contributed by atoms with Crippen LogP contribution in [0.25, 0.3) is 10.1 Å². The van der Waals surface area contributed by atoms with Crippen LogP contribution in [0.5, 0.6) is 0 Å². The highest BCUT2D eigenvalue weighted by atomic mass is 32.1. The zero-order valence-electron chi connectivity index (χ0n) is 6.82. The number of thiol groups is 1. The van der Waals surface area contributed by atoms with E-state index in [1.54, 1.807) is 0 Å². The summed E-state index contributed by atoms with van der Waals surface area (Å²) in [5.41, 5.74) is 6.54. The molecular weight excluding hydrogens is 202 g/mol. The van der Waals surface area contributed by atoms with E-state index in [0.717, 1.165) is 19.9 Å². The Kier molecular flexibility index (Phi) is 2.19. The molecule has 13 heavy (non-hydrogen) atoms. The van der Waals surface area contributed by atoms with Crippen LogP contribution in [-0.2, 0) is 6.61 Å². The molecule has 0 amide bonds. The van der Waals surface area contributed by atoms with Crippen LogP contribution in [0.15, 0.2) is 23.1 Å². The molecule has 0 spiro atoms. The van der Waals surface area contributed by atoms with Crippen LogP contribution in [0, 0.1) is 0 Å². The van der Waals surface area contributed by atoms with Crippen LogP contribution >= 0.6 is 24.0 Å². The first-order chi connectivity index (χ1) is 6.22. The number of aliphatic hydroxyl groups excluding tert-OH is 1. The Morgan fingerprint density at radius 1 is 1.46 bits per heavy atom. The van der Waals surface area contributed by atoms with E-state index in [2.05, 4.69) is 12.6 Å². The van der Waals surface area contributed by atoms with Gasteiger partial charge < -0.3 is 10.8 Å². The van der Waals surface area contributed by atoms with Crippen molar-refractivity contribution in [2.75, 3.05) is 5.73 Å². The van der Waals surface area contributed by atoms with E-state index in [1.165, 1.54) is 11.3 Å². The average molecular weight is 211 g/mol. The lowest BCUT2D eigenvalue weighted by molar-refractivity contribution is 0.285. The standard InChI is InChI=1S/C9H9NOS2/c10-8-7(12)2-1-5-3-6(4-11)13-9(5)8/h1-3,11-12H,4,10H2. The fourth-order valence-electron chi connectivity index (χ4n) is 1.25. The largest absolute Gasteiger partial charge is 0.397 e. The molecule has 1 aromatic heterocycles. The van der Waals surface area contributed by atoms with Gasteiger partial charge in [0, 0.05) is 9.77 Å². The van der Waals surface area contributed by atoms with Crippen molar-refractivity contribution in [1.82, 2.24) is 0 Å². The topological polar surface area (TPSA) is 46.2 Å². The van der Waals surface area contributed by atoms with Crippen molar-refractivity contribution in [1.29, 1.82) is 0 Å². The summed E-state index contributed by atoms with van der Waals surface area (Å²) in [6, 6.07) is 5.78. The molecule has 0 fully saturated rings. The van der Waals surface area contributed by atoms with Crippen LogP contribution in [0.2, 0.25) is 0 Å². The van der Waals surface area contributed by atoms with Crippen molar-refractivity contribution < 1.29 is 5.11 Å². The lowest BCUT2D eigenvalue weighted by Crippen LogP contribution is -1.85. The molecule has 2 nitrogen and oxygen atoms in total. The van der Waals surface area contributed by atoms with E-state index >= 15 is 0 Å². The summed E-state index contributed by atoms with van der Waals surface area (Å²) in [6.45, 7) is 0.0701. The number of nitrogens with two attached hydrogens (primary N) is 1. The van der Waals surface area contributed by atoms with Gasteiger partial charge in [0.15, 0.2) is 0 Å². The Morgan fingerprint density at radius 2 is 2.23 bits per heavy atom. The quantitative estimate of drug-likeness (QED) is 0.500. The first-order valence-corrected chi connectivity index (χ1v) is 5.09. The summed E-state index contributed by atoms with van der Waals surface area (Å²) in [7, 11) is 0. The average Bonchev–Trinajstić information content (AvgIpc) is 2.55. The number of hydrogen-bond donors (Lipinski definition) is 3. The number of anilines is 1. The number of fused-ring (bicyclic) bond motifs is 1. The van der Waals surface area contributed by atoms with Crippen LogP contribution in [0.3, 0.4) is 0 Å². The minimum atomic E-state index is 0.0701. The predicted octanol–water partition coefficient (Wildman–Crippen LogP) is 2.26. The molecule has 3 N–H and O–H groups in total. The van der Waals surface area contributed by atoms with Crippen molar-refractivity contribution in [2.24, 2.45) is 0 Å². The van der Waals surface area contributed by atoms with Crippen LogP contribution in [-0.4, -0.2) is 5.11 Å². The van der Waals surface area contributed by atoms with E-state index in [9.17, 15) is 0 Å². The summed E-state index contributed by atoms with van der Waals surface area (Å²) < 4.78 is 1.01. The minimum Gasteiger partial charge on any atom is -0.397 e. The lowest BCUT2D eigenvalue weighted by Gasteiger charge is -1.98. The Labute approximate surface area is 85.4 Å². The van der Waals surface area contributed by atoms with Gasteiger partial charge in [-0.05, 0) is 17.5 Å². The summed E-state index contributed by atoms with van der Waals surface area (Å²) in [5.74, 6) is 0. The number of hydrogen-bond acceptors (Lipinski definition) is 4. The van der Waals surface area contributed by atoms with Crippen molar-refractivity contribution in [2.45, 2.75) is 11.5 Å². The van der Waals surface area contributed by atoms with Crippen molar-refractivity contribution in [3.63, 3.8) is 0 Å². The Hall–Kier alpha value is -0.710. The normalized spacial score (nSPS) is 10.9. The SMILES string of the molecule is Nc1c(S)ccc2cc(CO)sc12. The molecule has 1 aromatic carbocycles.